The van der Waals surface area contributed by atoms with Crippen molar-refractivity contribution < 1.29 is 19.1 Å². The van der Waals surface area contributed by atoms with Crippen LogP contribution in [0.3, 0.4) is 0 Å². The molecule has 31 heavy (non-hydrogen) atoms. The number of rotatable bonds is 6. The van der Waals surface area contributed by atoms with Gasteiger partial charge in [0.25, 0.3) is 5.91 Å². The van der Waals surface area contributed by atoms with E-state index in [-0.39, 0.29) is 11.9 Å². The normalized spacial score (nSPS) is 22.8. The zero-order valence-corrected chi connectivity index (χ0v) is 18.9. The molecule has 2 atom stereocenters. The number of anilines is 1. The summed E-state index contributed by atoms with van der Waals surface area (Å²) in [4.78, 5) is 38.0. The number of hydrogen-bond donors (Lipinski definition) is 0. The highest BCUT2D eigenvalue weighted by Crippen LogP contribution is 2.43. The average molecular weight is 428 g/mol. The molecule has 9 heteroatoms. The number of guanidine groups is 1. The number of likely N-dealkylation sites (N-methyl/N-ethyl adjacent to an activating group) is 1. The number of nitrogens with zero attached hydrogens (tertiary/aromatic N) is 5. The minimum absolute atomic E-state index is 0.198. The molecule has 1 aromatic rings. The number of hydrogen-bond acceptors (Lipinski definition) is 7. The molecular weight excluding hydrogens is 398 g/mol. The number of benzene rings is 1. The second kappa shape index (κ2) is 7.79. The summed E-state index contributed by atoms with van der Waals surface area (Å²) in [5.74, 6) is 1.74. The van der Waals surface area contributed by atoms with Gasteiger partial charge >= 0.3 is 6.03 Å². The van der Waals surface area contributed by atoms with Crippen molar-refractivity contribution in [3.63, 3.8) is 0 Å². The van der Waals surface area contributed by atoms with Gasteiger partial charge in [-0.25, -0.2) is 9.79 Å². The van der Waals surface area contributed by atoms with Crippen LogP contribution < -0.4 is 14.4 Å². The number of carbonyl (C=O) groups is 2. The molecule has 1 saturated heterocycles. The maximum atomic E-state index is 13.4. The highest BCUT2D eigenvalue weighted by molar-refractivity contribution is 6.11. The quantitative estimate of drug-likeness (QED) is 0.695. The van der Waals surface area contributed by atoms with Gasteiger partial charge in [0.05, 0.1) is 19.9 Å². The average Bonchev–Trinajstić information content (AvgIpc) is 3.27. The summed E-state index contributed by atoms with van der Waals surface area (Å²) >= 11 is 0. The Morgan fingerprint density at radius 3 is 2.48 bits per heavy atom. The van der Waals surface area contributed by atoms with Crippen LogP contribution in [0.25, 0.3) is 0 Å². The molecule has 9 nitrogen and oxygen atoms in total. The Kier molecular flexibility index (Phi) is 5.28. The van der Waals surface area contributed by atoms with Crippen LogP contribution in [0.5, 0.6) is 11.5 Å². The molecule has 3 aliphatic rings. The van der Waals surface area contributed by atoms with Crippen LogP contribution in [-0.2, 0) is 4.79 Å². The molecular formula is C22H29N5O4. The van der Waals surface area contributed by atoms with Crippen molar-refractivity contribution in [2.24, 2.45) is 4.99 Å². The maximum Gasteiger partial charge on any atom is 0.328 e. The number of unbranched alkanes of at least 4 members (excludes halogenated alkanes) is 1. The molecule has 3 heterocycles. The Bertz CT molecular complexity index is 988. The fourth-order valence-corrected chi connectivity index (χ4v) is 4.39. The third kappa shape index (κ3) is 3.02. The molecule has 2 unspecified atom stereocenters. The first-order valence-electron chi connectivity index (χ1n) is 10.5. The third-order valence-electron chi connectivity index (χ3n) is 6.26. The standard InChI is InChI=1S/C22H29N5O4/c1-7-8-11-25-20(28)18-19(24(4)22(25)29)23-21-26(13(2)14(3)27(18)21)16-10-9-15(30-5)12-17(16)31-6/h9-10,12,18-19H,7-8,11H2,1-6H3. The first-order chi connectivity index (χ1) is 14.8. The fraction of sp³-hybridized carbons (Fsp3) is 0.500. The van der Waals surface area contributed by atoms with E-state index in [0.29, 0.717) is 24.0 Å². The lowest BCUT2D eigenvalue weighted by Crippen LogP contribution is -2.64. The number of methoxy groups -OCH3 is 2. The van der Waals surface area contributed by atoms with Crippen LogP contribution in [0.4, 0.5) is 10.5 Å². The summed E-state index contributed by atoms with van der Waals surface area (Å²) in [5.41, 5.74) is 2.67. The van der Waals surface area contributed by atoms with Crippen molar-refractivity contribution in [1.82, 2.24) is 14.7 Å². The zero-order chi connectivity index (χ0) is 22.4. The van der Waals surface area contributed by atoms with Crippen LogP contribution >= 0.6 is 0 Å². The van der Waals surface area contributed by atoms with Gasteiger partial charge < -0.3 is 14.4 Å². The van der Waals surface area contributed by atoms with Crippen LogP contribution in [-0.4, -0.2) is 72.6 Å². The van der Waals surface area contributed by atoms with Crippen molar-refractivity contribution in [2.45, 2.75) is 45.8 Å². The van der Waals surface area contributed by atoms with Gasteiger partial charge in [-0.1, -0.05) is 13.3 Å². The summed E-state index contributed by atoms with van der Waals surface area (Å²) in [5, 5.41) is 0. The van der Waals surface area contributed by atoms with Crippen LogP contribution in [0.15, 0.2) is 34.6 Å². The predicted molar refractivity (Wildman–Crippen MR) is 117 cm³/mol. The third-order valence-corrected chi connectivity index (χ3v) is 6.26. The van der Waals surface area contributed by atoms with Crippen LogP contribution in [0.2, 0.25) is 0 Å². The summed E-state index contributed by atoms with van der Waals surface area (Å²) in [6.45, 7) is 6.43. The Morgan fingerprint density at radius 2 is 1.84 bits per heavy atom. The molecule has 0 bridgehead atoms. The molecule has 0 aromatic heterocycles. The van der Waals surface area contributed by atoms with Gasteiger partial charge in [0.15, 0.2) is 12.2 Å². The zero-order valence-electron chi connectivity index (χ0n) is 18.9. The lowest BCUT2D eigenvalue weighted by molar-refractivity contribution is -0.136. The number of urea groups is 1. The van der Waals surface area contributed by atoms with Gasteiger partial charge in [-0.2, -0.15) is 0 Å². The van der Waals surface area contributed by atoms with Gasteiger partial charge in [0.1, 0.15) is 11.5 Å². The van der Waals surface area contributed by atoms with E-state index in [1.54, 1.807) is 26.2 Å². The van der Waals surface area contributed by atoms with Gasteiger partial charge in [0, 0.05) is 31.1 Å². The lowest BCUT2D eigenvalue weighted by Gasteiger charge is -2.40. The van der Waals surface area contributed by atoms with Crippen molar-refractivity contribution in [3.8, 4) is 11.5 Å². The number of amides is 3. The topological polar surface area (TPSA) is 77.9 Å². The number of aliphatic imine (C=N–C) groups is 1. The van der Waals surface area contributed by atoms with E-state index in [1.165, 1.54) is 4.90 Å². The van der Waals surface area contributed by atoms with Crippen molar-refractivity contribution in [2.75, 3.05) is 32.7 Å². The number of ether oxygens (including phenoxy) is 2. The number of carbonyl (C=O) groups excluding carboxylic acids is 2. The monoisotopic (exact) mass is 427 g/mol. The smallest absolute Gasteiger partial charge is 0.328 e. The molecule has 0 aliphatic carbocycles. The molecule has 3 amide bonds. The number of imide groups is 1. The van der Waals surface area contributed by atoms with E-state index in [2.05, 4.69) is 0 Å². The second-order valence-electron chi connectivity index (χ2n) is 7.94. The number of allylic oxidation sites excluding steroid dienone is 2. The predicted octanol–water partition coefficient (Wildman–Crippen LogP) is 2.84. The van der Waals surface area contributed by atoms with E-state index in [4.69, 9.17) is 14.5 Å². The van der Waals surface area contributed by atoms with Gasteiger partial charge in [-0.15, -0.1) is 0 Å². The maximum absolute atomic E-state index is 13.4. The second-order valence-corrected chi connectivity index (χ2v) is 7.94. The van der Waals surface area contributed by atoms with E-state index in [0.717, 1.165) is 29.9 Å². The van der Waals surface area contributed by atoms with E-state index >= 15 is 0 Å². The fourth-order valence-electron chi connectivity index (χ4n) is 4.39. The van der Waals surface area contributed by atoms with Gasteiger partial charge in [-0.3, -0.25) is 19.5 Å². The van der Waals surface area contributed by atoms with Crippen molar-refractivity contribution in [3.05, 3.63) is 29.6 Å². The van der Waals surface area contributed by atoms with E-state index in [1.807, 2.05) is 48.8 Å². The summed E-state index contributed by atoms with van der Waals surface area (Å²) in [6.07, 6.45) is 1.12. The Balaban J connectivity index is 1.76. The van der Waals surface area contributed by atoms with Gasteiger partial charge in [0.2, 0.25) is 5.96 Å². The molecule has 166 valence electrons. The summed E-state index contributed by atoms with van der Waals surface area (Å²) in [7, 11) is 4.92. The molecule has 0 radical (unpaired) electrons. The molecule has 1 aromatic carbocycles. The Labute approximate surface area is 182 Å². The molecule has 1 fully saturated rings. The van der Waals surface area contributed by atoms with E-state index < -0.39 is 12.2 Å². The molecule has 0 N–H and O–H groups in total. The first kappa shape index (κ1) is 21.0. The minimum Gasteiger partial charge on any atom is -0.497 e. The first-order valence-corrected chi connectivity index (χ1v) is 10.5. The van der Waals surface area contributed by atoms with Gasteiger partial charge in [-0.05, 0) is 32.4 Å². The van der Waals surface area contributed by atoms with Crippen LogP contribution in [0, 0.1) is 0 Å². The molecule has 0 spiro atoms. The number of fused-ring (bicyclic) bond motifs is 3. The largest absolute Gasteiger partial charge is 0.497 e. The summed E-state index contributed by atoms with van der Waals surface area (Å²) in [6, 6.07) is 4.72. The highest BCUT2D eigenvalue weighted by atomic mass is 16.5. The van der Waals surface area contributed by atoms with Crippen molar-refractivity contribution in [1.29, 1.82) is 0 Å². The Hall–Kier alpha value is -3.23. The SMILES string of the molecule is CCCCN1C(=O)C2C(N=C3N(c4ccc(OC)cc4OC)C(C)=C(C)N32)N(C)C1=O. The molecule has 4 rings (SSSR count). The Morgan fingerprint density at radius 1 is 1.10 bits per heavy atom. The molecule has 0 saturated carbocycles. The minimum atomic E-state index is -0.571. The molecule has 3 aliphatic heterocycles. The lowest BCUT2D eigenvalue weighted by atomic mass is 10.1. The highest BCUT2D eigenvalue weighted by Gasteiger charge is 2.56. The summed E-state index contributed by atoms with van der Waals surface area (Å²) < 4.78 is 10.9. The van der Waals surface area contributed by atoms with E-state index in [9.17, 15) is 9.59 Å². The van der Waals surface area contributed by atoms with Crippen molar-refractivity contribution >= 4 is 23.6 Å². The van der Waals surface area contributed by atoms with Crippen LogP contribution in [0.1, 0.15) is 33.6 Å².